The standard InChI is InChI=1S/C12H25N3O/c1-3-11(2)9-14-12(16)10-15-7-4-5-13-6-8-15/h11,13H,3-10H2,1-2H3,(H,14,16). The van der Waals surface area contributed by atoms with Crippen LogP contribution in [-0.4, -0.2) is 50.1 Å². The van der Waals surface area contributed by atoms with Gasteiger partial charge < -0.3 is 10.6 Å². The quantitative estimate of drug-likeness (QED) is 0.716. The Morgan fingerprint density at radius 1 is 1.44 bits per heavy atom. The molecule has 1 atom stereocenters. The van der Waals surface area contributed by atoms with Crippen LogP contribution in [0.1, 0.15) is 26.7 Å². The highest BCUT2D eigenvalue weighted by molar-refractivity contribution is 5.77. The zero-order valence-corrected chi connectivity index (χ0v) is 10.6. The molecular formula is C12H25N3O. The van der Waals surface area contributed by atoms with Crippen LogP contribution in [-0.2, 0) is 4.79 Å². The number of carbonyl (C=O) groups excluding carboxylic acids is 1. The first kappa shape index (κ1) is 13.5. The van der Waals surface area contributed by atoms with Crippen molar-refractivity contribution in [1.29, 1.82) is 0 Å². The van der Waals surface area contributed by atoms with Crippen LogP contribution >= 0.6 is 0 Å². The summed E-state index contributed by atoms with van der Waals surface area (Å²) in [6.07, 6.45) is 2.26. The minimum absolute atomic E-state index is 0.169. The summed E-state index contributed by atoms with van der Waals surface area (Å²) in [6, 6.07) is 0. The molecule has 0 saturated carbocycles. The molecule has 0 spiro atoms. The number of nitrogens with one attached hydrogen (secondary N) is 2. The summed E-state index contributed by atoms with van der Waals surface area (Å²) < 4.78 is 0. The van der Waals surface area contributed by atoms with Gasteiger partial charge in [-0.2, -0.15) is 0 Å². The number of carbonyl (C=O) groups is 1. The molecule has 94 valence electrons. The van der Waals surface area contributed by atoms with E-state index in [4.69, 9.17) is 0 Å². The number of hydrogen-bond donors (Lipinski definition) is 2. The number of nitrogens with zero attached hydrogens (tertiary/aromatic N) is 1. The minimum atomic E-state index is 0.169. The van der Waals surface area contributed by atoms with Crippen LogP contribution in [0, 0.1) is 5.92 Å². The van der Waals surface area contributed by atoms with E-state index in [0.717, 1.165) is 45.6 Å². The van der Waals surface area contributed by atoms with E-state index in [0.29, 0.717) is 12.5 Å². The Morgan fingerprint density at radius 3 is 3.00 bits per heavy atom. The van der Waals surface area contributed by atoms with Crippen molar-refractivity contribution in [2.45, 2.75) is 26.7 Å². The van der Waals surface area contributed by atoms with Gasteiger partial charge in [0.25, 0.3) is 0 Å². The maximum Gasteiger partial charge on any atom is 0.234 e. The van der Waals surface area contributed by atoms with E-state index in [1.807, 2.05) is 0 Å². The highest BCUT2D eigenvalue weighted by Gasteiger charge is 2.12. The topological polar surface area (TPSA) is 44.4 Å². The Bertz CT molecular complexity index is 200. The fourth-order valence-electron chi connectivity index (χ4n) is 1.75. The predicted octanol–water partition coefficient (Wildman–Crippen LogP) is 0.444. The molecule has 1 aliphatic rings. The lowest BCUT2D eigenvalue weighted by Crippen LogP contribution is -2.40. The molecule has 1 fully saturated rings. The Kier molecular flexibility index (Phi) is 6.42. The van der Waals surface area contributed by atoms with Crippen LogP contribution in [0.15, 0.2) is 0 Å². The third kappa shape index (κ3) is 5.47. The van der Waals surface area contributed by atoms with E-state index >= 15 is 0 Å². The monoisotopic (exact) mass is 227 g/mol. The van der Waals surface area contributed by atoms with Gasteiger partial charge in [0.05, 0.1) is 6.54 Å². The van der Waals surface area contributed by atoms with Gasteiger partial charge in [0, 0.05) is 19.6 Å². The normalized spacial score (nSPS) is 20.1. The highest BCUT2D eigenvalue weighted by atomic mass is 16.2. The summed E-state index contributed by atoms with van der Waals surface area (Å²) in [5.41, 5.74) is 0. The molecule has 0 aromatic rings. The van der Waals surface area contributed by atoms with Crippen molar-refractivity contribution in [2.75, 3.05) is 39.3 Å². The average molecular weight is 227 g/mol. The molecule has 0 radical (unpaired) electrons. The summed E-state index contributed by atoms with van der Waals surface area (Å²) in [6.45, 7) is 9.76. The smallest absolute Gasteiger partial charge is 0.234 e. The largest absolute Gasteiger partial charge is 0.355 e. The second-order valence-electron chi connectivity index (χ2n) is 4.70. The Morgan fingerprint density at radius 2 is 2.25 bits per heavy atom. The van der Waals surface area contributed by atoms with Gasteiger partial charge in [0.15, 0.2) is 0 Å². The summed E-state index contributed by atoms with van der Waals surface area (Å²) in [5.74, 6) is 0.747. The molecule has 1 heterocycles. The number of amides is 1. The van der Waals surface area contributed by atoms with Crippen LogP contribution in [0.2, 0.25) is 0 Å². The highest BCUT2D eigenvalue weighted by Crippen LogP contribution is 1.98. The maximum absolute atomic E-state index is 11.7. The molecule has 1 rings (SSSR count). The van der Waals surface area contributed by atoms with Gasteiger partial charge in [0.1, 0.15) is 0 Å². The van der Waals surface area contributed by atoms with E-state index in [9.17, 15) is 4.79 Å². The lowest BCUT2D eigenvalue weighted by Gasteiger charge is -2.19. The average Bonchev–Trinajstić information content (AvgIpc) is 2.54. The zero-order chi connectivity index (χ0) is 11.8. The van der Waals surface area contributed by atoms with Gasteiger partial charge >= 0.3 is 0 Å². The van der Waals surface area contributed by atoms with E-state index in [2.05, 4.69) is 29.4 Å². The molecule has 4 heteroatoms. The van der Waals surface area contributed by atoms with Crippen molar-refractivity contribution >= 4 is 5.91 Å². The van der Waals surface area contributed by atoms with Gasteiger partial charge in [-0.1, -0.05) is 20.3 Å². The summed E-state index contributed by atoms with van der Waals surface area (Å²) in [5, 5.41) is 6.34. The Balaban J connectivity index is 2.16. The molecular weight excluding hydrogens is 202 g/mol. The SMILES string of the molecule is CCC(C)CNC(=O)CN1CCCNCC1. The molecule has 1 aliphatic heterocycles. The van der Waals surface area contributed by atoms with Crippen molar-refractivity contribution in [1.82, 2.24) is 15.5 Å². The van der Waals surface area contributed by atoms with Crippen LogP contribution in [0.3, 0.4) is 0 Å². The summed E-state index contributed by atoms with van der Waals surface area (Å²) in [4.78, 5) is 13.9. The lowest BCUT2D eigenvalue weighted by atomic mass is 10.1. The van der Waals surface area contributed by atoms with Gasteiger partial charge in [-0.15, -0.1) is 0 Å². The second kappa shape index (κ2) is 7.63. The Labute approximate surface area is 98.8 Å². The first-order valence-electron chi connectivity index (χ1n) is 6.42. The molecule has 1 saturated heterocycles. The Hall–Kier alpha value is -0.610. The summed E-state index contributed by atoms with van der Waals surface area (Å²) >= 11 is 0. The van der Waals surface area contributed by atoms with Gasteiger partial charge in [-0.25, -0.2) is 0 Å². The molecule has 0 bridgehead atoms. The molecule has 0 aromatic carbocycles. The second-order valence-corrected chi connectivity index (χ2v) is 4.70. The van der Waals surface area contributed by atoms with Crippen LogP contribution in [0.25, 0.3) is 0 Å². The fourth-order valence-corrected chi connectivity index (χ4v) is 1.75. The van der Waals surface area contributed by atoms with Crippen molar-refractivity contribution in [3.8, 4) is 0 Å². The molecule has 0 aliphatic carbocycles. The number of hydrogen-bond acceptors (Lipinski definition) is 3. The molecule has 1 unspecified atom stereocenters. The molecule has 0 aromatic heterocycles. The fraction of sp³-hybridized carbons (Fsp3) is 0.917. The minimum Gasteiger partial charge on any atom is -0.355 e. The molecule has 16 heavy (non-hydrogen) atoms. The third-order valence-electron chi connectivity index (χ3n) is 3.14. The van der Waals surface area contributed by atoms with Crippen LogP contribution in [0.5, 0.6) is 0 Å². The van der Waals surface area contributed by atoms with Crippen molar-refractivity contribution in [2.24, 2.45) is 5.92 Å². The summed E-state index contributed by atoms with van der Waals surface area (Å²) in [7, 11) is 0. The molecule has 1 amide bonds. The third-order valence-corrected chi connectivity index (χ3v) is 3.14. The number of rotatable bonds is 5. The van der Waals surface area contributed by atoms with Gasteiger partial charge in [-0.05, 0) is 25.4 Å². The van der Waals surface area contributed by atoms with Gasteiger partial charge in [0.2, 0.25) is 5.91 Å². The first-order chi connectivity index (χ1) is 7.72. The van der Waals surface area contributed by atoms with E-state index < -0.39 is 0 Å². The maximum atomic E-state index is 11.7. The van der Waals surface area contributed by atoms with E-state index in [1.54, 1.807) is 0 Å². The predicted molar refractivity (Wildman–Crippen MR) is 66.4 cm³/mol. The van der Waals surface area contributed by atoms with Crippen molar-refractivity contribution in [3.05, 3.63) is 0 Å². The molecule has 4 nitrogen and oxygen atoms in total. The lowest BCUT2D eigenvalue weighted by molar-refractivity contribution is -0.122. The zero-order valence-electron chi connectivity index (χ0n) is 10.6. The van der Waals surface area contributed by atoms with Gasteiger partial charge in [-0.3, -0.25) is 9.69 Å². The molecule has 2 N–H and O–H groups in total. The first-order valence-corrected chi connectivity index (χ1v) is 6.42. The van der Waals surface area contributed by atoms with Crippen molar-refractivity contribution < 1.29 is 4.79 Å². The van der Waals surface area contributed by atoms with Crippen LogP contribution in [0.4, 0.5) is 0 Å². The van der Waals surface area contributed by atoms with E-state index in [-0.39, 0.29) is 5.91 Å². The van der Waals surface area contributed by atoms with Crippen LogP contribution < -0.4 is 10.6 Å². The van der Waals surface area contributed by atoms with E-state index in [1.165, 1.54) is 0 Å². The van der Waals surface area contributed by atoms with Crippen molar-refractivity contribution in [3.63, 3.8) is 0 Å².